The number of amides is 1. The molecule has 0 bridgehead atoms. The van der Waals surface area contributed by atoms with Gasteiger partial charge >= 0.3 is 5.97 Å². The first-order chi connectivity index (χ1) is 9.08. The summed E-state index contributed by atoms with van der Waals surface area (Å²) in [5, 5.41) is 0. The van der Waals surface area contributed by atoms with Crippen molar-refractivity contribution in [2.24, 2.45) is 5.73 Å². The Kier molecular flexibility index (Phi) is 4.01. The van der Waals surface area contributed by atoms with Gasteiger partial charge in [0.25, 0.3) is 5.91 Å². The fourth-order valence-electron chi connectivity index (χ4n) is 1.51. The zero-order valence-corrected chi connectivity index (χ0v) is 11.3. The van der Waals surface area contributed by atoms with Crippen LogP contribution in [0.1, 0.15) is 22.2 Å². The Labute approximate surface area is 117 Å². The molecule has 1 atom stereocenters. The van der Waals surface area contributed by atoms with Crippen molar-refractivity contribution in [1.82, 2.24) is 0 Å². The number of hydrogen-bond acceptors (Lipinski definition) is 4. The fourth-order valence-corrected chi connectivity index (χ4v) is 1.81. The minimum atomic E-state index is -1.14. The zero-order valence-electron chi connectivity index (χ0n) is 9.71. The van der Waals surface area contributed by atoms with Crippen LogP contribution in [0.25, 0.3) is 0 Å². The Bertz CT molecular complexity index is 594. The molecule has 6 heteroatoms. The molecule has 0 radical (unpaired) electrons. The highest BCUT2D eigenvalue weighted by Gasteiger charge is 2.24. The number of nitrogens with two attached hydrogens (primary N) is 1. The molecule has 0 aliphatic rings. The van der Waals surface area contributed by atoms with Crippen molar-refractivity contribution in [2.45, 2.75) is 6.10 Å². The first-order valence-corrected chi connectivity index (χ1v) is 6.18. The zero-order chi connectivity index (χ0) is 13.8. The van der Waals surface area contributed by atoms with Crippen LogP contribution in [0.15, 0.2) is 51.6 Å². The van der Waals surface area contributed by atoms with Crippen LogP contribution in [0.5, 0.6) is 0 Å². The van der Waals surface area contributed by atoms with Crippen molar-refractivity contribution in [3.8, 4) is 0 Å². The number of carbonyl (C=O) groups excluding carboxylic acids is 2. The molecule has 0 aliphatic carbocycles. The van der Waals surface area contributed by atoms with Crippen LogP contribution in [0.4, 0.5) is 0 Å². The molecule has 0 spiro atoms. The largest absolute Gasteiger partial charge is 0.442 e. The predicted molar refractivity (Wildman–Crippen MR) is 70.2 cm³/mol. The second-order valence-corrected chi connectivity index (χ2v) is 4.48. The number of primary amides is 1. The molecule has 0 saturated carbocycles. The van der Waals surface area contributed by atoms with Gasteiger partial charge < -0.3 is 14.9 Å². The van der Waals surface area contributed by atoms with Gasteiger partial charge in [-0.05, 0) is 28.1 Å². The second kappa shape index (κ2) is 5.71. The normalized spacial score (nSPS) is 11.8. The molecule has 5 nitrogen and oxygen atoms in total. The second-order valence-electron chi connectivity index (χ2n) is 3.70. The van der Waals surface area contributed by atoms with Crippen molar-refractivity contribution in [3.63, 3.8) is 0 Å². The molecule has 1 aromatic carbocycles. The van der Waals surface area contributed by atoms with Gasteiger partial charge in [0.1, 0.15) is 0 Å². The van der Waals surface area contributed by atoms with E-state index in [2.05, 4.69) is 15.9 Å². The lowest BCUT2D eigenvalue weighted by Crippen LogP contribution is -2.26. The van der Waals surface area contributed by atoms with Gasteiger partial charge in [0, 0.05) is 5.56 Å². The highest BCUT2D eigenvalue weighted by Crippen LogP contribution is 2.21. The monoisotopic (exact) mass is 323 g/mol. The minimum Gasteiger partial charge on any atom is -0.442 e. The summed E-state index contributed by atoms with van der Waals surface area (Å²) in [6.45, 7) is 0. The fraction of sp³-hybridized carbons (Fsp3) is 0.0769. The van der Waals surface area contributed by atoms with E-state index in [1.54, 1.807) is 36.4 Å². The number of furan rings is 1. The molecule has 98 valence electrons. The summed E-state index contributed by atoms with van der Waals surface area (Å²) in [4.78, 5) is 23.2. The molecular weight excluding hydrogens is 314 g/mol. The van der Waals surface area contributed by atoms with E-state index in [1.807, 2.05) is 0 Å². The Morgan fingerprint density at radius 1 is 1.16 bits per heavy atom. The smallest absolute Gasteiger partial charge is 0.375 e. The van der Waals surface area contributed by atoms with Crippen LogP contribution in [-0.4, -0.2) is 11.9 Å². The van der Waals surface area contributed by atoms with Crippen LogP contribution in [-0.2, 0) is 9.53 Å². The van der Waals surface area contributed by atoms with Crippen LogP contribution in [0.3, 0.4) is 0 Å². The number of esters is 1. The number of benzene rings is 1. The summed E-state index contributed by atoms with van der Waals surface area (Å²) in [5.74, 6) is -1.50. The third kappa shape index (κ3) is 3.23. The highest BCUT2D eigenvalue weighted by atomic mass is 79.9. The molecule has 0 aliphatic heterocycles. The lowest BCUT2D eigenvalue weighted by Gasteiger charge is -2.13. The van der Waals surface area contributed by atoms with E-state index in [4.69, 9.17) is 14.9 Å². The van der Waals surface area contributed by atoms with Gasteiger partial charge in [0.05, 0.1) is 0 Å². The Balaban J connectivity index is 2.18. The summed E-state index contributed by atoms with van der Waals surface area (Å²) in [7, 11) is 0. The molecule has 1 heterocycles. The maximum atomic E-state index is 11.8. The topological polar surface area (TPSA) is 82.5 Å². The number of halogens is 1. The summed E-state index contributed by atoms with van der Waals surface area (Å²) in [6, 6.07) is 11.5. The molecule has 2 N–H and O–H groups in total. The first-order valence-electron chi connectivity index (χ1n) is 5.38. The average Bonchev–Trinajstić information content (AvgIpc) is 2.83. The highest BCUT2D eigenvalue weighted by molar-refractivity contribution is 9.10. The van der Waals surface area contributed by atoms with E-state index in [1.165, 1.54) is 6.07 Å². The van der Waals surface area contributed by atoms with Gasteiger partial charge in [-0.2, -0.15) is 0 Å². The standard InChI is InChI=1S/C13H10BrNO4/c14-10-7-6-9(18-10)13(17)19-11(12(15)16)8-4-2-1-3-5-8/h1-7,11H,(H2,15,16). The molecule has 1 aromatic heterocycles. The molecular formula is C13H10BrNO4. The van der Waals surface area contributed by atoms with Crippen LogP contribution in [0.2, 0.25) is 0 Å². The Morgan fingerprint density at radius 2 is 1.84 bits per heavy atom. The third-order valence-electron chi connectivity index (χ3n) is 2.36. The Hall–Kier alpha value is -2.08. The van der Waals surface area contributed by atoms with Gasteiger partial charge in [-0.1, -0.05) is 30.3 Å². The van der Waals surface area contributed by atoms with Crippen LogP contribution >= 0.6 is 15.9 Å². The Morgan fingerprint density at radius 3 is 2.37 bits per heavy atom. The van der Waals surface area contributed by atoms with Crippen LogP contribution in [0, 0.1) is 0 Å². The average molecular weight is 324 g/mol. The van der Waals surface area contributed by atoms with E-state index in [9.17, 15) is 9.59 Å². The minimum absolute atomic E-state index is 0.00550. The first kappa shape index (κ1) is 13.4. The van der Waals surface area contributed by atoms with E-state index in [0.717, 1.165) is 0 Å². The number of rotatable bonds is 4. The van der Waals surface area contributed by atoms with Crippen molar-refractivity contribution in [2.75, 3.05) is 0 Å². The molecule has 2 rings (SSSR count). The van der Waals surface area contributed by atoms with Gasteiger partial charge in [0.15, 0.2) is 4.67 Å². The number of ether oxygens (including phenoxy) is 1. The number of hydrogen-bond donors (Lipinski definition) is 1. The van der Waals surface area contributed by atoms with Gasteiger partial charge in [-0.3, -0.25) is 4.79 Å². The molecule has 2 aromatic rings. The lowest BCUT2D eigenvalue weighted by atomic mass is 10.1. The van der Waals surface area contributed by atoms with Gasteiger partial charge in [-0.15, -0.1) is 0 Å². The lowest BCUT2D eigenvalue weighted by molar-refractivity contribution is -0.127. The van der Waals surface area contributed by atoms with Crippen molar-refractivity contribution in [1.29, 1.82) is 0 Å². The van der Waals surface area contributed by atoms with Gasteiger partial charge in [0.2, 0.25) is 11.9 Å². The SMILES string of the molecule is NC(=O)C(OC(=O)c1ccc(Br)o1)c1ccccc1. The van der Waals surface area contributed by atoms with Crippen molar-refractivity contribution in [3.05, 3.63) is 58.5 Å². The van der Waals surface area contributed by atoms with Crippen molar-refractivity contribution < 1.29 is 18.7 Å². The molecule has 1 unspecified atom stereocenters. The van der Waals surface area contributed by atoms with E-state index in [-0.39, 0.29) is 5.76 Å². The van der Waals surface area contributed by atoms with E-state index >= 15 is 0 Å². The maximum absolute atomic E-state index is 11.8. The molecule has 1 amide bonds. The predicted octanol–water partition coefficient (Wildman–Crippen LogP) is 2.43. The number of carbonyl (C=O) groups is 2. The summed E-state index contributed by atoms with van der Waals surface area (Å²) in [5.41, 5.74) is 5.75. The van der Waals surface area contributed by atoms with E-state index < -0.39 is 18.0 Å². The van der Waals surface area contributed by atoms with Gasteiger partial charge in [-0.25, -0.2) is 4.79 Å². The quantitative estimate of drug-likeness (QED) is 0.876. The van der Waals surface area contributed by atoms with E-state index in [0.29, 0.717) is 10.2 Å². The van der Waals surface area contributed by atoms with Crippen LogP contribution < -0.4 is 5.73 Å². The molecule has 0 fully saturated rings. The summed E-state index contributed by atoms with van der Waals surface area (Å²) >= 11 is 3.07. The van der Waals surface area contributed by atoms with Crippen molar-refractivity contribution >= 4 is 27.8 Å². The molecule has 19 heavy (non-hydrogen) atoms. The summed E-state index contributed by atoms with van der Waals surface area (Å²) in [6.07, 6.45) is -1.14. The third-order valence-corrected chi connectivity index (χ3v) is 2.79. The summed E-state index contributed by atoms with van der Waals surface area (Å²) < 4.78 is 10.5. The molecule has 0 saturated heterocycles. The maximum Gasteiger partial charge on any atom is 0.375 e.